The van der Waals surface area contributed by atoms with E-state index < -0.39 is 0 Å². The average Bonchev–Trinajstić information content (AvgIpc) is 1.61. The first-order valence-corrected chi connectivity index (χ1v) is 1.61. The van der Waals surface area contributed by atoms with Crippen molar-refractivity contribution in [1.29, 1.82) is 0 Å². The molecule has 0 saturated carbocycles. The van der Waals surface area contributed by atoms with Crippen LogP contribution >= 0.6 is 0 Å². The van der Waals surface area contributed by atoms with Gasteiger partial charge >= 0.3 is 0 Å². The maximum Gasteiger partial charge on any atom is 0.219 e. The van der Waals surface area contributed by atoms with Gasteiger partial charge in [0.25, 0.3) is 0 Å². The fourth-order valence-corrected chi connectivity index (χ4v) is 0.114. The van der Waals surface area contributed by atoms with Crippen LogP contribution in [0.5, 0.6) is 0 Å². The summed E-state index contributed by atoms with van der Waals surface area (Å²) in [5, 5.41) is 2.54. The molecule has 0 aromatic heterocycles. The van der Waals surface area contributed by atoms with E-state index in [1.165, 1.54) is 6.20 Å². The topological polar surface area (TPSA) is 29.1 Å². The van der Waals surface area contributed by atoms with Crippen molar-refractivity contribution in [2.24, 2.45) is 0 Å². The van der Waals surface area contributed by atoms with E-state index in [9.17, 15) is 4.79 Å². The number of carbonyl (C=O) groups excluding carboxylic acids is 1. The lowest BCUT2D eigenvalue weighted by atomic mass is 10.7. The highest BCUT2D eigenvalue weighted by Gasteiger charge is 1.67. The highest BCUT2D eigenvalue weighted by atomic mass is 16.1. The van der Waals surface area contributed by atoms with Gasteiger partial charge in [-0.1, -0.05) is 6.58 Å². The molecule has 0 unspecified atom stereocenters. The molecule has 1 radical (unpaired) electrons. The summed E-state index contributed by atoms with van der Waals surface area (Å²) in [7, 11) is 0. The van der Waals surface area contributed by atoms with Crippen molar-refractivity contribution in [1.82, 2.24) is 5.32 Å². The van der Waals surface area contributed by atoms with Crippen LogP contribution in [0.25, 0.3) is 0 Å². The summed E-state index contributed by atoms with van der Waals surface area (Å²) >= 11 is 0. The summed E-state index contributed by atoms with van der Waals surface area (Å²) < 4.78 is 0. The van der Waals surface area contributed by atoms with E-state index in [-0.39, 0.29) is 6.54 Å². The Bertz CT molecular complexity index is 43.5. The third-order valence-corrected chi connectivity index (χ3v) is 0.319. The van der Waals surface area contributed by atoms with Gasteiger partial charge in [0.1, 0.15) is 0 Å². The Morgan fingerprint density at radius 3 is 2.83 bits per heavy atom. The van der Waals surface area contributed by atoms with Gasteiger partial charge in [-0.15, -0.1) is 0 Å². The molecule has 2 nitrogen and oxygen atoms in total. The third kappa shape index (κ3) is 3.21. The smallest absolute Gasteiger partial charge is 0.219 e. The molecule has 0 rings (SSSR count). The Labute approximate surface area is 36.9 Å². The van der Waals surface area contributed by atoms with Crippen LogP contribution in [0.2, 0.25) is 0 Å². The predicted molar refractivity (Wildman–Crippen MR) is 23.9 cm³/mol. The molecular weight excluding hydrogens is 78.0 g/mol. The second kappa shape index (κ2) is 4.21. The molecule has 0 heterocycles. The van der Waals surface area contributed by atoms with Gasteiger partial charge in [0.2, 0.25) is 6.29 Å². The molecule has 0 atom stereocenters. The van der Waals surface area contributed by atoms with Crippen molar-refractivity contribution in [3.63, 3.8) is 0 Å². The summed E-state index contributed by atoms with van der Waals surface area (Å²) in [6.45, 7) is 3.55. The molecule has 0 spiro atoms. The lowest BCUT2D eigenvalue weighted by Crippen LogP contribution is -2.05. The van der Waals surface area contributed by atoms with Crippen molar-refractivity contribution in [3.8, 4) is 0 Å². The molecule has 0 fully saturated rings. The molecule has 0 aromatic carbocycles. The zero-order chi connectivity index (χ0) is 4.83. The summed E-state index contributed by atoms with van der Waals surface area (Å²) in [5.41, 5.74) is 0. The zero-order valence-electron chi connectivity index (χ0n) is 3.40. The third-order valence-electron chi connectivity index (χ3n) is 0.319. The van der Waals surface area contributed by atoms with Gasteiger partial charge in [0.15, 0.2) is 0 Å². The van der Waals surface area contributed by atoms with E-state index in [1.54, 1.807) is 6.29 Å². The number of rotatable bonds is 3. The molecule has 6 heavy (non-hydrogen) atoms. The number of hydrogen-bond donors (Lipinski definition) is 1. The molecule has 2 heteroatoms. The lowest BCUT2D eigenvalue weighted by molar-refractivity contribution is 0.553. The fourth-order valence-electron chi connectivity index (χ4n) is 0.114. The standard InChI is InChI=1S/C4H6NO/c1-2-5-3-4-6/h2,5H,1,3H2. The first-order valence-electron chi connectivity index (χ1n) is 1.61. The summed E-state index contributed by atoms with van der Waals surface area (Å²) in [6, 6.07) is 0. The van der Waals surface area contributed by atoms with Crippen LogP contribution in [0, 0.1) is 0 Å². The molecule has 1 N–H and O–H groups in total. The van der Waals surface area contributed by atoms with Crippen molar-refractivity contribution in [3.05, 3.63) is 12.8 Å². The maximum atomic E-state index is 9.33. The molecule has 0 amide bonds. The molecule has 0 aliphatic carbocycles. The van der Waals surface area contributed by atoms with Crippen LogP contribution in [0.4, 0.5) is 0 Å². The molecule has 0 aliphatic rings. The molecular formula is C4H6NO. The van der Waals surface area contributed by atoms with Gasteiger partial charge in [-0.3, -0.25) is 4.79 Å². The average molecular weight is 84.1 g/mol. The Kier molecular flexibility index (Phi) is 3.66. The van der Waals surface area contributed by atoms with Crippen molar-refractivity contribution in [2.75, 3.05) is 6.54 Å². The van der Waals surface area contributed by atoms with E-state index in [4.69, 9.17) is 0 Å². The minimum Gasteiger partial charge on any atom is -0.384 e. The molecule has 0 bridgehead atoms. The number of hydrogen-bond acceptors (Lipinski definition) is 2. The number of nitrogens with one attached hydrogen (secondary N) is 1. The van der Waals surface area contributed by atoms with Crippen molar-refractivity contribution < 1.29 is 4.79 Å². The zero-order valence-corrected chi connectivity index (χ0v) is 3.40. The molecule has 0 aromatic rings. The molecule has 0 saturated heterocycles. The van der Waals surface area contributed by atoms with E-state index in [0.717, 1.165) is 0 Å². The quantitative estimate of drug-likeness (QED) is 0.481. The summed E-state index contributed by atoms with van der Waals surface area (Å²) in [4.78, 5) is 9.33. The minimum absolute atomic E-state index is 0.240. The highest BCUT2D eigenvalue weighted by molar-refractivity contribution is 5.53. The first-order chi connectivity index (χ1) is 2.91. The van der Waals surface area contributed by atoms with Crippen LogP contribution in [-0.4, -0.2) is 12.8 Å². The second-order valence-corrected chi connectivity index (χ2v) is 0.729. The van der Waals surface area contributed by atoms with Gasteiger partial charge in [0.05, 0.1) is 6.54 Å². The Morgan fingerprint density at radius 2 is 2.67 bits per heavy atom. The maximum absolute atomic E-state index is 9.33. The van der Waals surface area contributed by atoms with Crippen LogP contribution in [0.1, 0.15) is 0 Å². The molecule has 33 valence electrons. The van der Waals surface area contributed by atoms with Gasteiger partial charge in [-0.25, -0.2) is 0 Å². The SMILES string of the molecule is C=CNC[C]=O. The van der Waals surface area contributed by atoms with Crippen molar-refractivity contribution >= 4 is 6.29 Å². The molecule has 0 aliphatic heterocycles. The minimum atomic E-state index is 0.240. The van der Waals surface area contributed by atoms with E-state index >= 15 is 0 Å². The van der Waals surface area contributed by atoms with E-state index in [1.807, 2.05) is 0 Å². The largest absolute Gasteiger partial charge is 0.384 e. The van der Waals surface area contributed by atoms with Crippen LogP contribution in [0.3, 0.4) is 0 Å². The van der Waals surface area contributed by atoms with Crippen LogP contribution < -0.4 is 5.32 Å². The van der Waals surface area contributed by atoms with Crippen LogP contribution in [0.15, 0.2) is 12.8 Å². The lowest BCUT2D eigenvalue weighted by Gasteiger charge is -1.81. The van der Waals surface area contributed by atoms with Crippen LogP contribution in [-0.2, 0) is 4.79 Å². The van der Waals surface area contributed by atoms with E-state index in [0.29, 0.717) is 0 Å². The van der Waals surface area contributed by atoms with Gasteiger partial charge in [0, 0.05) is 0 Å². The van der Waals surface area contributed by atoms with Gasteiger partial charge in [-0.05, 0) is 6.20 Å². The second-order valence-electron chi connectivity index (χ2n) is 0.729. The summed E-state index contributed by atoms with van der Waals surface area (Å²) in [5.74, 6) is 0. The summed E-state index contributed by atoms with van der Waals surface area (Å²) in [6.07, 6.45) is 3.09. The predicted octanol–water partition coefficient (Wildman–Crippen LogP) is -0.171. The monoisotopic (exact) mass is 84.0 g/mol. The Balaban J connectivity index is 2.66. The van der Waals surface area contributed by atoms with Gasteiger partial charge in [-0.2, -0.15) is 0 Å². The Morgan fingerprint density at radius 1 is 2.00 bits per heavy atom. The normalized spacial score (nSPS) is 6.67. The van der Waals surface area contributed by atoms with Gasteiger partial charge < -0.3 is 5.32 Å². The van der Waals surface area contributed by atoms with E-state index in [2.05, 4.69) is 11.9 Å². The Hall–Kier alpha value is -0.790. The fraction of sp³-hybridized carbons (Fsp3) is 0.250. The highest BCUT2D eigenvalue weighted by Crippen LogP contribution is 1.45. The first kappa shape index (κ1) is 5.21. The van der Waals surface area contributed by atoms with Crippen molar-refractivity contribution in [2.45, 2.75) is 0 Å².